The van der Waals surface area contributed by atoms with E-state index in [0.29, 0.717) is 17.7 Å². The zero-order chi connectivity index (χ0) is 14.6. The van der Waals surface area contributed by atoms with Crippen molar-refractivity contribution in [2.45, 2.75) is 51.1 Å². The van der Waals surface area contributed by atoms with Gasteiger partial charge in [-0.1, -0.05) is 36.6 Å². The van der Waals surface area contributed by atoms with Gasteiger partial charge < -0.3 is 16.3 Å². The van der Waals surface area contributed by atoms with E-state index in [1.165, 1.54) is 25.3 Å². The molecule has 0 saturated heterocycles. The Balaban J connectivity index is 2.03. The lowest BCUT2D eigenvalue weighted by atomic mass is 9.83. The van der Waals surface area contributed by atoms with Crippen LogP contribution in [0.25, 0.3) is 0 Å². The summed E-state index contributed by atoms with van der Waals surface area (Å²) in [5.41, 5.74) is 6.54. The summed E-state index contributed by atoms with van der Waals surface area (Å²) in [5.74, 6) is -0.413. The van der Waals surface area contributed by atoms with E-state index in [2.05, 4.69) is 17.4 Å². The van der Waals surface area contributed by atoms with Crippen LogP contribution in [0.1, 0.15) is 50.2 Å². The minimum absolute atomic E-state index is 0.0809. The van der Waals surface area contributed by atoms with E-state index in [-0.39, 0.29) is 17.2 Å². The summed E-state index contributed by atoms with van der Waals surface area (Å²) in [5, 5.41) is 14.9. The summed E-state index contributed by atoms with van der Waals surface area (Å²) >= 11 is 0. The minimum Gasteiger partial charge on any atom is -0.409 e. The number of halogens is 1. The number of hydrogen-bond donors (Lipinski definition) is 3. The van der Waals surface area contributed by atoms with Crippen LogP contribution in [0.5, 0.6) is 0 Å². The molecule has 1 aromatic rings. The first kappa shape index (κ1) is 14.8. The van der Waals surface area contributed by atoms with Crippen LogP contribution in [-0.4, -0.2) is 16.6 Å². The Bertz CT molecular complexity index is 496. The maximum absolute atomic E-state index is 14.0. The molecule has 0 spiro atoms. The maximum Gasteiger partial charge on any atom is 0.170 e. The van der Waals surface area contributed by atoms with Crippen molar-refractivity contribution < 1.29 is 9.60 Å². The average molecular weight is 279 g/mol. The first-order chi connectivity index (χ1) is 9.54. The predicted octanol–water partition coefficient (Wildman–Crippen LogP) is 2.73. The normalized spacial score (nSPS) is 19.0. The number of hydrogen-bond acceptors (Lipinski definition) is 3. The Morgan fingerprint density at radius 1 is 1.40 bits per heavy atom. The first-order valence-corrected chi connectivity index (χ1v) is 7.05. The van der Waals surface area contributed by atoms with Gasteiger partial charge in [0.25, 0.3) is 0 Å². The summed E-state index contributed by atoms with van der Waals surface area (Å²) in [6, 6.07) is 4.65. The number of rotatable bonds is 4. The van der Waals surface area contributed by atoms with Crippen LogP contribution >= 0.6 is 0 Å². The van der Waals surface area contributed by atoms with Gasteiger partial charge in [0.1, 0.15) is 5.82 Å². The Hall–Kier alpha value is -1.62. The number of nitrogens with two attached hydrogens (primary N) is 1. The molecule has 4 N–H and O–H groups in total. The van der Waals surface area contributed by atoms with Crippen molar-refractivity contribution >= 4 is 5.84 Å². The molecule has 0 aromatic heterocycles. The summed E-state index contributed by atoms with van der Waals surface area (Å²) < 4.78 is 14.0. The molecule has 1 aliphatic carbocycles. The first-order valence-electron chi connectivity index (χ1n) is 7.05. The van der Waals surface area contributed by atoms with Crippen LogP contribution in [-0.2, 0) is 6.54 Å². The molecule has 0 heterocycles. The SMILES string of the molecule is CC1(NCc2ccc(C(N)=NO)cc2F)CCCCC1. The van der Waals surface area contributed by atoms with Crippen molar-refractivity contribution in [1.82, 2.24) is 5.32 Å². The Kier molecular flexibility index (Phi) is 4.60. The highest BCUT2D eigenvalue weighted by molar-refractivity contribution is 5.97. The number of benzene rings is 1. The molecule has 110 valence electrons. The number of oxime groups is 1. The predicted molar refractivity (Wildman–Crippen MR) is 77.2 cm³/mol. The number of amidine groups is 1. The van der Waals surface area contributed by atoms with Gasteiger partial charge in [0.05, 0.1) is 0 Å². The van der Waals surface area contributed by atoms with E-state index in [9.17, 15) is 4.39 Å². The highest BCUT2D eigenvalue weighted by Crippen LogP contribution is 2.28. The van der Waals surface area contributed by atoms with Gasteiger partial charge in [0, 0.05) is 23.2 Å². The van der Waals surface area contributed by atoms with Crippen LogP contribution in [0.2, 0.25) is 0 Å². The second kappa shape index (κ2) is 6.22. The summed E-state index contributed by atoms with van der Waals surface area (Å²) in [6.07, 6.45) is 6.02. The molecule has 1 fully saturated rings. The van der Waals surface area contributed by atoms with Crippen LogP contribution < -0.4 is 11.1 Å². The second-order valence-electron chi connectivity index (χ2n) is 5.77. The highest BCUT2D eigenvalue weighted by atomic mass is 19.1. The quantitative estimate of drug-likeness (QED) is 0.343. The summed E-state index contributed by atoms with van der Waals surface area (Å²) in [6.45, 7) is 2.70. The second-order valence-corrected chi connectivity index (χ2v) is 5.77. The van der Waals surface area contributed by atoms with E-state index in [4.69, 9.17) is 10.9 Å². The van der Waals surface area contributed by atoms with Gasteiger partial charge in [0.15, 0.2) is 5.84 Å². The Morgan fingerprint density at radius 2 is 2.10 bits per heavy atom. The maximum atomic E-state index is 14.0. The fourth-order valence-electron chi connectivity index (χ4n) is 2.73. The van der Waals surface area contributed by atoms with Crippen LogP contribution in [0.15, 0.2) is 23.4 Å². The molecule has 2 rings (SSSR count). The van der Waals surface area contributed by atoms with Gasteiger partial charge in [0.2, 0.25) is 0 Å². The van der Waals surface area contributed by atoms with E-state index < -0.39 is 0 Å². The third-order valence-electron chi connectivity index (χ3n) is 4.12. The third kappa shape index (κ3) is 3.48. The van der Waals surface area contributed by atoms with Crippen LogP contribution in [0.3, 0.4) is 0 Å². The van der Waals surface area contributed by atoms with Gasteiger partial charge in [-0.15, -0.1) is 0 Å². The van der Waals surface area contributed by atoms with E-state index in [0.717, 1.165) is 12.8 Å². The van der Waals surface area contributed by atoms with Crippen molar-refractivity contribution in [3.05, 3.63) is 35.1 Å². The molecule has 4 nitrogen and oxygen atoms in total. The number of nitrogens with zero attached hydrogens (tertiary/aromatic N) is 1. The van der Waals surface area contributed by atoms with Crippen LogP contribution in [0, 0.1) is 5.82 Å². The van der Waals surface area contributed by atoms with Crippen molar-refractivity contribution in [2.75, 3.05) is 0 Å². The molecule has 0 aliphatic heterocycles. The minimum atomic E-state index is -0.332. The van der Waals surface area contributed by atoms with Crippen molar-refractivity contribution in [1.29, 1.82) is 0 Å². The lowest BCUT2D eigenvalue weighted by Gasteiger charge is -2.35. The standard InChI is InChI=1S/C15H22FN3O/c1-15(7-3-2-4-8-15)18-10-12-6-5-11(9-13(12)16)14(17)19-20/h5-6,9,18,20H,2-4,7-8,10H2,1H3,(H2,17,19). The Labute approximate surface area is 118 Å². The Morgan fingerprint density at radius 3 is 2.70 bits per heavy atom. The van der Waals surface area contributed by atoms with Gasteiger partial charge in [-0.3, -0.25) is 0 Å². The van der Waals surface area contributed by atoms with Crippen molar-refractivity contribution in [2.24, 2.45) is 10.9 Å². The molecule has 1 saturated carbocycles. The lowest BCUT2D eigenvalue weighted by Crippen LogP contribution is -2.43. The molecule has 20 heavy (non-hydrogen) atoms. The fourth-order valence-corrected chi connectivity index (χ4v) is 2.73. The molecule has 0 amide bonds. The summed E-state index contributed by atoms with van der Waals surface area (Å²) in [7, 11) is 0. The molecular formula is C15H22FN3O. The molecule has 0 radical (unpaired) electrons. The van der Waals surface area contributed by atoms with Gasteiger partial charge in [-0.2, -0.15) is 0 Å². The molecule has 0 unspecified atom stereocenters. The fraction of sp³-hybridized carbons (Fsp3) is 0.533. The number of nitrogens with one attached hydrogen (secondary N) is 1. The third-order valence-corrected chi connectivity index (χ3v) is 4.12. The molecule has 5 heteroatoms. The van der Waals surface area contributed by atoms with E-state index >= 15 is 0 Å². The van der Waals surface area contributed by atoms with Gasteiger partial charge >= 0.3 is 0 Å². The average Bonchev–Trinajstić information content (AvgIpc) is 2.46. The van der Waals surface area contributed by atoms with Gasteiger partial charge in [-0.05, 0) is 25.8 Å². The van der Waals surface area contributed by atoms with Crippen molar-refractivity contribution in [3.63, 3.8) is 0 Å². The topological polar surface area (TPSA) is 70.6 Å². The summed E-state index contributed by atoms with van der Waals surface area (Å²) in [4.78, 5) is 0. The smallest absolute Gasteiger partial charge is 0.170 e. The van der Waals surface area contributed by atoms with E-state index in [1.54, 1.807) is 12.1 Å². The molecule has 0 atom stereocenters. The molecule has 1 aliphatic rings. The lowest BCUT2D eigenvalue weighted by molar-refractivity contribution is 0.251. The largest absolute Gasteiger partial charge is 0.409 e. The van der Waals surface area contributed by atoms with E-state index in [1.807, 2.05) is 0 Å². The van der Waals surface area contributed by atoms with Crippen LogP contribution in [0.4, 0.5) is 4.39 Å². The van der Waals surface area contributed by atoms with Gasteiger partial charge in [-0.25, -0.2) is 4.39 Å². The molecule has 0 bridgehead atoms. The monoisotopic (exact) mass is 279 g/mol. The zero-order valence-corrected chi connectivity index (χ0v) is 11.8. The molecule has 1 aromatic carbocycles. The molecular weight excluding hydrogens is 257 g/mol. The zero-order valence-electron chi connectivity index (χ0n) is 11.8. The van der Waals surface area contributed by atoms with Crippen molar-refractivity contribution in [3.8, 4) is 0 Å². The highest BCUT2D eigenvalue weighted by Gasteiger charge is 2.26.